The summed E-state index contributed by atoms with van der Waals surface area (Å²) in [5.74, 6) is -0.443. The molecular formula is C26H21N7O2S3. The standard InChI is InChI=1S/C26H21N7O2S3/c1-14-9-10-20(37-14)22-16(12-28)24(29)33(18-7-4-8-19(34)23(18)22)25-31-32-26(38-25)36-13-21(35)30-17-6-3-2-5-15(17)11-27/h2-3,5-6,9-10,22H,4,7-8,13,29H2,1H3,(H,30,35). The number of aryl methyl sites for hydroxylation is 1. The number of para-hydroxylation sites is 1. The molecule has 1 aliphatic carbocycles. The summed E-state index contributed by atoms with van der Waals surface area (Å²) in [4.78, 5) is 29.4. The average Bonchev–Trinajstić information content (AvgIpc) is 3.56. The number of benzene rings is 1. The first-order chi connectivity index (χ1) is 18.4. The number of carbonyl (C=O) groups is 2. The zero-order valence-electron chi connectivity index (χ0n) is 20.2. The van der Waals surface area contributed by atoms with E-state index in [9.17, 15) is 20.1 Å². The van der Waals surface area contributed by atoms with E-state index in [-0.39, 0.29) is 23.3 Å². The van der Waals surface area contributed by atoms with Gasteiger partial charge in [0.1, 0.15) is 11.9 Å². The van der Waals surface area contributed by atoms with E-state index in [4.69, 9.17) is 5.73 Å². The molecule has 0 saturated carbocycles. The fourth-order valence-corrected chi connectivity index (χ4v) is 7.23. The number of ketones is 1. The van der Waals surface area contributed by atoms with Crippen molar-refractivity contribution in [2.45, 2.75) is 36.4 Å². The van der Waals surface area contributed by atoms with Gasteiger partial charge >= 0.3 is 0 Å². The summed E-state index contributed by atoms with van der Waals surface area (Å²) < 4.78 is 0.537. The van der Waals surface area contributed by atoms with E-state index in [1.54, 1.807) is 40.5 Å². The van der Waals surface area contributed by atoms with Crippen molar-refractivity contribution in [1.29, 1.82) is 10.5 Å². The van der Waals surface area contributed by atoms with Crippen LogP contribution >= 0.6 is 34.4 Å². The fraction of sp³-hybridized carbons (Fsp3) is 0.231. The minimum atomic E-state index is -0.487. The first-order valence-electron chi connectivity index (χ1n) is 11.7. The van der Waals surface area contributed by atoms with Crippen LogP contribution in [0.5, 0.6) is 0 Å². The first kappa shape index (κ1) is 25.7. The van der Waals surface area contributed by atoms with Crippen LogP contribution in [-0.2, 0) is 9.59 Å². The number of Topliss-reactive ketones (excluding diaryl/α,β-unsaturated/α-hetero) is 1. The van der Waals surface area contributed by atoms with Gasteiger partial charge in [0.15, 0.2) is 10.1 Å². The van der Waals surface area contributed by atoms with E-state index >= 15 is 0 Å². The van der Waals surface area contributed by atoms with Crippen LogP contribution in [0.1, 0.15) is 40.5 Å². The fourth-order valence-electron chi connectivity index (χ4n) is 4.55. The maximum absolute atomic E-state index is 13.2. The Morgan fingerprint density at radius 2 is 2.00 bits per heavy atom. The number of allylic oxidation sites excluding steroid dienone is 3. The van der Waals surface area contributed by atoms with Gasteiger partial charge in [0.25, 0.3) is 0 Å². The van der Waals surface area contributed by atoms with Gasteiger partial charge < -0.3 is 11.1 Å². The molecule has 3 N–H and O–H groups in total. The molecule has 0 saturated heterocycles. The highest BCUT2D eigenvalue weighted by Gasteiger charge is 2.41. The van der Waals surface area contributed by atoms with Crippen LogP contribution < -0.4 is 16.0 Å². The molecule has 5 rings (SSSR count). The van der Waals surface area contributed by atoms with Crippen molar-refractivity contribution in [3.8, 4) is 12.1 Å². The van der Waals surface area contributed by atoms with Crippen LogP contribution in [0.3, 0.4) is 0 Å². The Labute approximate surface area is 231 Å². The number of anilines is 2. The molecule has 0 fully saturated rings. The number of hydrogen-bond donors (Lipinski definition) is 2. The summed E-state index contributed by atoms with van der Waals surface area (Å²) in [5, 5.41) is 31.0. The Morgan fingerprint density at radius 1 is 1.18 bits per heavy atom. The Hall–Kier alpha value is -3.97. The summed E-state index contributed by atoms with van der Waals surface area (Å²) in [7, 11) is 0. The first-order valence-corrected chi connectivity index (χ1v) is 14.3. The van der Waals surface area contributed by atoms with Crippen molar-refractivity contribution in [3.05, 3.63) is 74.4 Å². The van der Waals surface area contributed by atoms with Crippen molar-refractivity contribution in [1.82, 2.24) is 10.2 Å². The molecule has 0 spiro atoms. The number of rotatable bonds is 6. The number of thioether (sulfide) groups is 1. The topological polar surface area (TPSA) is 149 Å². The molecule has 1 aromatic carbocycles. The Kier molecular flexibility index (Phi) is 7.29. The molecular weight excluding hydrogens is 539 g/mol. The molecule has 12 heteroatoms. The molecule has 2 aromatic heterocycles. The number of nitrogens with one attached hydrogen (secondary N) is 1. The molecule has 1 aliphatic heterocycles. The zero-order valence-corrected chi connectivity index (χ0v) is 22.7. The van der Waals surface area contributed by atoms with Crippen LogP contribution in [0.15, 0.2) is 63.4 Å². The number of nitriles is 2. The van der Waals surface area contributed by atoms with Gasteiger partial charge in [0.2, 0.25) is 11.0 Å². The summed E-state index contributed by atoms with van der Waals surface area (Å²) in [6, 6.07) is 15.0. The van der Waals surface area contributed by atoms with Crippen LogP contribution in [0.2, 0.25) is 0 Å². The van der Waals surface area contributed by atoms with Crippen molar-refractivity contribution in [2.75, 3.05) is 16.0 Å². The SMILES string of the molecule is Cc1ccc(C2C(C#N)=C(N)N(c3nnc(SCC(=O)Nc4ccccc4C#N)s3)C3=C2C(=O)CCC3)s1. The third-order valence-corrected chi connectivity index (χ3v) is 9.30. The van der Waals surface area contributed by atoms with Crippen molar-refractivity contribution in [2.24, 2.45) is 5.73 Å². The predicted molar refractivity (Wildman–Crippen MR) is 147 cm³/mol. The highest BCUT2D eigenvalue weighted by Crippen LogP contribution is 2.48. The summed E-state index contributed by atoms with van der Waals surface area (Å²) in [5.41, 5.74) is 9.09. The Balaban J connectivity index is 1.41. The molecule has 0 bridgehead atoms. The minimum absolute atomic E-state index is 0.0148. The molecule has 9 nitrogen and oxygen atoms in total. The molecule has 190 valence electrons. The molecule has 3 heterocycles. The van der Waals surface area contributed by atoms with Gasteiger partial charge in [0.05, 0.1) is 34.6 Å². The number of thiophene rings is 1. The maximum Gasteiger partial charge on any atom is 0.234 e. The molecule has 3 aromatic rings. The monoisotopic (exact) mass is 559 g/mol. The average molecular weight is 560 g/mol. The van der Waals surface area contributed by atoms with E-state index in [2.05, 4.69) is 27.7 Å². The quantitative estimate of drug-likeness (QED) is 0.406. The number of nitrogens with zero attached hydrogens (tertiary/aromatic N) is 5. The normalized spacial score (nSPS) is 17.2. The zero-order chi connectivity index (χ0) is 26.8. The molecule has 1 atom stereocenters. The highest BCUT2D eigenvalue weighted by molar-refractivity contribution is 8.01. The van der Waals surface area contributed by atoms with Crippen LogP contribution in [0.4, 0.5) is 10.8 Å². The van der Waals surface area contributed by atoms with Crippen LogP contribution in [-0.4, -0.2) is 27.6 Å². The lowest BCUT2D eigenvalue weighted by Crippen LogP contribution is -2.38. The Bertz CT molecular complexity index is 1590. The van der Waals surface area contributed by atoms with Crippen molar-refractivity contribution < 1.29 is 9.59 Å². The van der Waals surface area contributed by atoms with E-state index in [1.807, 2.05) is 19.1 Å². The number of hydrogen-bond acceptors (Lipinski definition) is 11. The third-order valence-electron chi connectivity index (χ3n) is 6.19. The van der Waals surface area contributed by atoms with Gasteiger partial charge in [-0.2, -0.15) is 10.5 Å². The number of carbonyl (C=O) groups excluding carboxylic acids is 2. The lowest BCUT2D eigenvalue weighted by molar-refractivity contribution is -0.116. The maximum atomic E-state index is 13.2. The molecule has 1 unspecified atom stereocenters. The van der Waals surface area contributed by atoms with E-state index < -0.39 is 5.92 Å². The summed E-state index contributed by atoms with van der Waals surface area (Å²) in [6.07, 6.45) is 1.74. The lowest BCUT2D eigenvalue weighted by atomic mass is 9.78. The number of nitrogens with two attached hydrogens (primary N) is 1. The summed E-state index contributed by atoms with van der Waals surface area (Å²) >= 11 is 4.00. The van der Waals surface area contributed by atoms with Gasteiger partial charge in [-0.3, -0.25) is 14.5 Å². The molecule has 38 heavy (non-hydrogen) atoms. The lowest BCUT2D eigenvalue weighted by Gasteiger charge is -2.37. The van der Waals surface area contributed by atoms with E-state index in [0.29, 0.717) is 51.1 Å². The Morgan fingerprint density at radius 3 is 2.74 bits per heavy atom. The van der Waals surface area contributed by atoms with Crippen molar-refractivity contribution in [3.63, 3.8) is 0 Å². The summed E-state index contributed by atoms with van der Waals surface area (Å²) in [6.45, 7) is 1.99. The van der Waals surface area contributed by atoms with Gasteiger partial charge in [-0.1, -0.05) is 35.2 Å². The van der Waals surface area contributed by atoms with Crippen LogP contribution in [0, 0.1) is 29.6 Å². The minimum Gasteiger partial charge on any atom is -0.384 e. The third kappa shape index (κ3) is 4.82. The number of aromatic nitrogens is 2. The number of amides is 1. The largest absolute Gasteiger partial charge is 0.384 e. The molecule has 1 amide bonds. The van der Waals surface area contributed by atoms with Crippen molar-refractivity contribution >= 4 is 56.9 Å². The van der Waals surface area contributed by atoms with Gasteiger partial charge in [-0.25, -0.2) is 0 Å². The molecule has 0 radical (unpaired) electrons. The highest BCUT2D eigenvalue weighted by atomic mass is 32.2. The van der Waals surface area contributed by atoms with E-state index in [1.165, 1.54) is 23.1 Å². The van der Waals surface area contributed by atoms with Gasteiger partial charge in [-0.15, -0.1) is 21.5 Å². The van der Waals surface area contributed by atoms with Crippen LogP contribution in [0.25, 0.3) is 0 Å². The second-order valence-electron chi connectivity index (χ2n) is 8.61. The smallest absolute Gasteiger partial charge is 0.234 e. The second kappa shape index (κ2) is 10.8. The second-order valence-corrected chi connectivity index (χ2v) is 12.1. The van der Waals surface area contributed by atoms with E-state index in [0.717, 1.165) is 15.5 Å². The van der Waals surface area contributed by atoms with Gasteiger partial charge in [0, 0.05) is 27.4 Å². The van der Waals surface area contributed by atoms with Gasteiger partial charge in [-0.05, 0) is 44.0 Å². The molecule has 2 aliphatic rings. The predicted octanol–water partition coefficient (Wildman–Crippen LogP) is 4.82.